The summed E-state index contributed by atoms with van der Waals surface area (Å²) in [5.74, 6) is -1.67. The van der Waals surface area contributed by atoms with E-state index >= 15 is 0 Å². The van der Waals surface area contributed by atoms with Gasteiger partial charge in [0.15, 0.2) is 0 Å². The summed E-state index contributed by atoms with van der Waals surface area (Å²) in [4.78, 5) is 80.9. The van der Waals surface area contributed by atoms with Gasteiger partial charge in [0.05, 0.1) is 0 Å². The molecule has 2 heterocycles. The van der Waals surface area contributed by atoms with Gasteiger partial charge in [-0.25, -0.2) is 24.0 Å². The van der Waals surface area contributed by atoms with Crippen molar-refractivity contribution in [2.24, 2.45) is 0 Å². The van der Waals surface area contributed by atoms with Gasteiger partial charge in [0.25, 0.3) is 5.56 Å². The van der Waals surface area contributed by atoms with E-state index in [4.69, 9.17) is 23.7 Å². The predicted molar refractivity (Wildman–Crippen MR) is 213 cm³/mol. The molecule has 3 N–H and O–H groups in total. The summed E-state index contributed by atoms with van der Waals surface area (Å²) < 4.78 is 29.8. The maximum atomic E-state index is 14.0. The van der Waals surface area contributed by atoms with E-state index in [2.05, 4.69) is 15.6 Å². The lowest BCUT2D eigenvalue weighted by Crippen LogP contribution is -2.46. The van der Waals surface area contributed by atoms with Crippen LogP contribution in [0.15, 0.2) is 137 Å². The lowest BCUT2D eigenvalue weighted by atomic mass is 10.1. The fraction of sp³-hybridized carbons (Fsp3) is 0.273. The summed E-state index contributed by atoms with van der Waals surface area (Å²) in [5.41, 5.74) is 1.83. The van der Waals surface area contributed by atoms with Crippen molar-refractivity contribution in [1.82, 2.24) is 20.2 Å². The third-order valence-corrected chi connectivity index (χ3v) is 9.44. The number of carbonyl (C=O) groups excluding carboxylic acids is 4. The molecule has 5 aromatic rings. The standard InChI is InChI=1S/C44H44N4O11/c1-29-25-48(42(52)47-39(29)49)38-24-36(59-41(51)35(23-31-16-8-3-9-17-31)46-44(54)57-27-33-20-12-5-13-21-33)37(58-38)28-55-40(50)34(22-30-14-6-2-7-15-30)45-43(53)56-26-32-18-10-4-11-19-32/h2-21,25,34-38H,22-24,26-28H2,1H3,(H,45,53)(H,46,54)(H,47,49,52)/t34-,35-,36+,37+,38-/m1/s1. The smallest absolute Gasteiger partial charge is 0.408 e. The zero-order valence-corrected chi connectivity index (χ0v) is 32.2. The average molecular weight is 805 g/mol. The molecule has 59 heavy (non-hydrogen) atoms. The molecule has 1 aliphatic heterocycles. The molecule has 15 nitrogen and oxygen atoms in total. The molecule has 0 saturated carbocycles. The van der Waals surface area contributed by atoms with Crippen LogP contribution in [-0.2, 0) is 59.3 Å². The van der Waals surface area contributed by atoms with Gasteiger partial charge in [-0.2, -0.15) is 0 Å². The Bertz CT molecular complexity index is 2290. The Hall–Kier alpha value is -7.00. The molecule has 1 fully saturated rings. The number of aromatic amines is 1. The highest BCUT2D eigenvalue weighted by Gasteiger charge is 2.42. The number of rotatable bonds is 16. The number of nitrogens with one attached hydrogen (secondary N) is 3. The number of hydrogen-bond acceptors (Lipinski definition) is 11. The third kappa shape index (κ3) is 12.2. The lowest BCUT2D eigenvalue weighted by molar-refractivity contribution is -0.160. The number of H-pyrrole nitrogens is 1. The summed E-state index contributed by atoms with van der Waals surface area (Å²) in [6, 6.07) is 33.6. The van der Waals surface area contributed by atoms with Gasteiger partial charge >= 0.3 is 29.8 Å². The summed E-state index contributed by atoms with van der Waals surface area (Å²) in [6.45, 7) is 0.983. The van der Waals surface area contributed by atoms with Gasteiger partial charge in [-0.15, -0.1) is 0 Å². The first-order valence-corrected chi connectivity index (χ1v) is 19.0. The van der Waals surface area contributed by atoms with E-state index in [1.807, 2.05) is 36.4 Å². The maximum absolute atomic E-state index is 14.0. The van der Waals surface area contributed by atoms with E-state index in [9.17, 15) is 28.8 Å². The third-order valence-electron chi connectivity index (χ3n) is 9.44. The van der Waals surface area contributed by atoms with Crippen LogP contribution < -0.4 is 21.9 Å². The highest BCUT2D eigenvalue weighted by molar-refractivity contribution is 5.82. The minimum Gasteiger partial charge on any atom is -0.461 e. The summed E-state index contributed by atoms with van der Waals surface area (Å²) >= 11 is 0. The normalized spacial score (nSPS) is 16.9. The Morgan fingerprint density at radius 3 is 1.63 bits per heavy atom. The minimum atomic E-state index is -1.22. The van der Waals surface area contributed by atoms with Crippen LogP contribution in [0.4, 0.5) is 9.59 Å². The number of esters is 2. The Morgan fingerprint density at radius 1 is 0.678 bits per heavy atom. The number of aryl methyl sites for hydroxylation is 1. The molecule has 5 atom stereocenters. The molecule has 6 rings (SSSR count). The first-order valence-electron chi connectivity index (χ1n) is 19.0. The molecular weight excluding hydrogens is 761 g/mol. The van der Waals surface area contributed by atoms with Crippen LogP contribution in [-0.4, -0.2) is 64.6 Å². The van der Waals surface area contributed by atoms with Crippen LogP contribution in [0.3, 0.4) is 0 Å². The number of hydrogen-bond donors (Lipinski definition) is 3. The number of nitrogens with zero attached hydrogens (tertiary/aromatic N) is 1. The van der Waals surface area contributed by atoms with Gasteiger partial charge in [0.2, 0.25) is 0 Å². The lowest BCUT2D eigenvalue weighted by Gasteiger charge is -2.24. The minimum absolute atomic E-state index is 0.0292. The van der Waals surface area contributed by atoms with Gasteiger partial charge in [-0.05, 0) is 29.2 Å². The maximum Gasteiger partial charge on any atom is 0.408 e. The number of ether oxygens (including phenoxy) is 5. The first-order chi connectivity index (χ1) is 28.6. The molecule has 1 aliphatic rings. The predicted octanol–water partition coefficient (Wildman–Crippen LogP) is 4.66. The highest BCUT2D eigenvalue weighted by atomic mass is 16.6. The average Bonchev–Trinajstić information content (AvgIpc) is 3.65. The van der Waals surface area contributed by atoms with Crippen molar-refractivity contribution in [2.75, 3.05) is 6.61 Å². The Kier molecular flexibility index (Phi) is 14.4. The van der Waals surface area contributed by atoms with Gasteiger partial charge in [0, 0.05) is 31.0 Å². The summed E-state index contributed by atoms with van der Waals surface area (Å²) in [6.07, 6.45) is -3.66. The van der Waals surface area contributed by atoms with Gasteiger partial charge < -0.3 is 34.3 Å². The van der Waals surface area contributed by atoms with Crippen LogP contribution in [0.1, 0.15) is 40.5 Å². The Morgan fingerprint density at radius 2 is 1.14 bits per heavy atom. The fourth-order valence-corrected chi connectivity index (χ4v) is 6.34. The second-order valence-electron chi connectivity index (χ2n) is 13.8. The van der Waals surface area contributed by atoms with Crippen molar-refractivity contribution >= 4 is 24.1 Å². The monoisotopic (exact) mass is 804 g/mol. The molecule has 0 bridgehead atoms. The molecule has 4 aromatic carbocycles. The van der Waals surface area contributed by atoms with Crippen LogP contribution in [0, 0.1) is 6.92 Å². The fourth-order valence-electron chi connectivity index (χ4n) is 6.34. The van der Waals surface area contributed by atoms with Crippen molar-refractivity contribution < 1.29 is 42.9 Å². The van der Waals surface area contributed by atoms with Crippen LogP contribution in [0.25, 0.3) is 0 Å². The largest absolute Gasteiger partial charge is 0.461 e. The topological polar surface area (TPSA) is 193 Å². The van der Waals surface area contributed by atoms with Crippen molar-refractivity contribution in [3.8, 4) is 0 Å². The van der Waals surface area contributed by atoms with Crippen LogP contribution in [0.2, 0.25) is 0 Å². The molecular formula is C44H44N4O11. The quantitative estimate of drug-likeness (QED) is 0.0928. The molecule has 15 heteroatoms. The van der Waals surface area contributed by atoms with E-state index in [0.717, 1.165) is 26.8 Å². The highest BCUT2D eigenvalue weighted by Crippen LogP contribution is 2.31. The van der Waals surface area contributed by atoms with Gasteiger partial charge in [0.1, 0.15) is 50.3 Å². The molecule has 0 unspecified atom stereocenters. The van der Waals surface area contributed by atoms with E-state index in [1.165, 1.54) is 13.1 Å². The summed E-state index contributed by atoms with van der Waals surface area (Å²) in [7, 11) is 0. The van der Waals surface area contributed by atoms with Crippen molar-refractivity contribution in [3.63, 3.8) is 0 Å². The number of amides is 2. The Balaban J connectivity index is 1.18. The molecule has 306 valence electrons. The second-order valence-corrected chi connectivity index (χ2v) is 13.8. The number of alkyl carbamates (subject to hydrolysis) is 2. The SMILES string of the molecule is Cc1cn([C@H]2C[C@H](OC(=O)[C@@H](Cc3ccccc3)NC(=O)OCc3ccccc3)[C@H](COC(=O)[C@@H](Cc3ccccc3)NC(=O)OCc3ccccc3)O2)c(=O)[nH]c1=O. The number of carbonyl (C=O) groups is 4. The van der Waals surface area contributed by atoms with E-state index in [0.29, 0.717) is 0 Å². The Labute approximate surface area is 339 Å². The van der Waals surface area contributed by atoms with Gasteiger partial charge in [-0.3, -0.25) is 14.3 Å². The van der Waals surface area contributed by atoms with Crippen molar-refractivity contribution in [1.29, 1.82) is 0 Å². The molecule has 0 spiro atoms. The number of aromatic nitrogens is 2. The molecule has 1 saturated heterocycles. The van der Waals surface area contributed by atoms with Crippen LogP contribution >= 0.6 is 0 Å². The molecule has 1 aromatic heterocycles. The zero-order valence-electron chi connectivity index (χ0n) is 32.2. The summed E-state index contributed by atoms with van der Waals surface area (Å²) in [5, 5.41) is 5.20. The van der Waals surface area contributed by atoms with Crippen LogP contribution in [0.5, 0.6) is 0 Å². The molecule has 0 aliphatic carbocycles. The van der Waals surface area contributed by atoms with Gasteiger partial charge in [-0.1, -0.05) is 121 Å². The number of benzene rings is 4. The second kappa shape index (κ2) is 20.4. The molecule has 0 radical (unpaired) electrons. The van der Waals surface area contributed by atoms with E-state index in [1.54, 1.807) is 84.9 Å². The van der Waals surface area contributed by atoms with E-state index in [-0.39, 0.29) is 38.0 Å². The zero-order chi connectivity index (χ0) is 41.6. The first kappa shape index (κ1) is 41.6. The van der Waals surface area contributed by atoms with E-state index < -0.39 is 72.5 Å². The van der Waals surface area contributed by atoms with Crippen molar-refractivity contribution in [3.05, 3.63) is 176 Å². The molecule has 2 amide bonds. The van der Waals surface area contributed by atoms with Crippen molar-refractivity contribution in [2.45, 2.75) is 69.9 Å².